The smallest absolute Gasteiger partial charge is 0.321 e. The van der Waals surface area contributed by atoms with Crippen LogP contribution in [0.4, 0.5) is 4.39 Å². The topological polar surface area (TPSA) is 111 Å². The molecule has 29 heavy (non-hydrogen) atoms. The second-order valence-corrected chi connectivity index (χ2v) is 7.60. The van der Waals surface area contributed by atoms with E-state index in [0.717, 1.165) is 23.4 Å². The molecule has 0 unspecified atom stereocenters. The SMILES string of the molecule is COc1ccc(CCNC(=O)COC(=O)CNS(=O)(=O)c2ccccc2F)cc1. The van der Waals surface area contributed by atoms with E-state index in [1.54, 1.807) is 19.2 Å². The van der Waals surface area contributed by atoms with Gasteiger partial charge in [-0.1, -0.05) is 24.3 Å². The highest BCUT2D eigenvalue weighted by molar-refractivity contribution is 7.89. The Kier molecular flexibility index (Phi) is 8.10. The van der Waals surface area contributed by atoms with E-state index in [9.17, 15) is 22.4 Å². The monoisotopic (exact) mass is 424 g/mol. The number of hydrogen-bond donors (Lipinski definition) is 2. The fourth-order valence-electron chi connectivity index (χ4n) is 2.28. The molecule has 0 aliphatic heterocycles. The number of esters is 1. The number of ether oxygens (including phenoxy) is 2. The highest BCUT2D eigenvalue weighted by Gasteiger charge is 2.20. The summed E-state index contributed by atoms with van der Waals surface area (Å²) in [4.78, 5) is 22.8. The second kappa shape index (κ2) is 10.5. The van der Waals surface area contributed by atoms with Gasteiger partial charge < -0.3 is 14.8 Å². The number of carbonyl (C=O) groups is 2. The van der Waals surface area contributed by atoms with E-state index in [0.29, 0.717) is 13.0 Å². The minimum atomic E-state index is -4.21. The molecule has 0 aliphatic rings. The molecule has 0 atom stereocenters. The molecule has 2 aromatic rings. The summed E-state index contributed by atoms with van der Waals surface area (Å²) in [5, 5.41) is 2.59. The lowest BCUT2D eigenvalue weighted by Gasteiger charge is -2.09. The Morgan fingerprint density at radius 1 is 1.07 bits per heavy atom. The van der Waals surface area contributed by atoms with E-state index in [1.807, 2.05) is 16.9 Å². The summed E-state index contributed by atoms with van der Waals surface area (Å²) in [6.07, 6.45) is 0.576. The quantitative estimate of drug-likeness (QED) is 0.551. The molecular formula is C19H21FN2O6S. The van der Waals surface area contributed by atoms with Gasteiger partial charge in [0.05, 0.1) is 7.11 Å². The van der Waals surface area contributed by atoms with Crippen molar-refractivity contribution in [1.82, 2.24) is 10.0 Å². The summed E-state index contributed by atoms with van der Waals surface area (Å²) >= 11 is 0. The number of rotatable bonds is 10. The molecular weight excluding hydrogens is 403 g/mol. The maximum atomic E-state index is 13.5. The molecule has 156 valence electrons. The van der Waals surface area contributed by atoms with Gasteiger partial charge in [-0.05, 0) is 36.2 Å². The Labute approximate surface area is 168 Å². The summed E-state index contributed by atoms with van der Waals surface area (Å²) in [7, 11) is -2.64. The number of nitrogens with one attached hydrogen (secondary N) is 2. The maximum absolute atomic E-state index is 13.5. The minimum absolute atomic E-state index is 0.336. The average Bonchev–Trinajstić information content (AvgIpc) is 2.71. The van der Waals surface area contributed by atoms with Gasteiger partial charge in [-0.3, -0.25) is 9.59 Å². The first-order chi connectivity index (χ1) is 13.8. The highest BCUT2D eigenvalue weighted by Crippen LogP contribution is 2.13. The zero-order valence-electron chi connectivity index (χ0n) is 15.7. The Bertz CT molecular complexity index is 947. The molecule has 10 heteroatoms. The summed E-state index contributed by atoms with van der Waals surface area (Å²) in [6.45, 7) is -0.943. The van der Waals surface area contributed by atoms with Gasteiger partial charge in [0.15, 0.2) is 6.61 Å². The largest absolute Gasteiger partial charge is 0.497 e. The first-order valence-corrected chi connectivity index (χ1v) is 10.1. The van der Waals surface area contributed by atoms with Crippen LogP contribution in [-0.2, 0) is 30.8 Å². The molecule has 8 nitrogen and oxygen atoms in total. The van der Waals surface area contributed by atoms with E-state index in [4.69, 9.17) is 9.47 Å². The van der Waals surface area contributed by atoms with E-state index in [2.05, 4.69) is 5.32 Å². The first-order valence-electron chi connectivity index (χ1n) is 8.61. The van der Waals surface area contributed by atoms with Crippen LogP contribution >= 0.6 is 0 Å². The summed E-state index contributed by atoms with van der Waals surface area (Å²) < 4.78 is 49.2. The highest BCUT2D eigenvalue weighted by atomic mass is 32.2. The third kappa shape index (κ3) is 7.16. The van der Waals surface area contributed by atoms with Crippen molar-refractivity contribution in [3.63, 3.8) is 0 Å². The third-order valence-electron chi connectivity index (χ3n) is 3.79. The molecule has 0 saturated carbocycles. The van der Waals surface area contributed by atoms with E-state index < -0.39 is 45.8 Å². The molecule has 2 rings (SSSR count). The van der Waals surface area contributed by atoms with Crippen LogP contribution in [0.15, 0.2) is 53.4 Å². The van der Waals surface area contributed by atoms with E-state index >= 15 is 0 Å². The van der Waals surface area contributed by atoms with Crippen LogP contribution in [0.2, 0.25) is 0 Å². The van der Waals surface area contributed by atoms with Crippen molar-refractivity contribution in [2.75, 3.05) is 26.8 Å². The van der Waals surface area contributed by atoms with Crippen LogP contribution < -0.4 is 14.8 Å². The number of amides is 1. The van der Waals surface area contributed by atoms with Crippen molar-refractivity contribution < 1.29 is 31.9 Å². The molecule has 2 aromatic carbocycles. The predicted molar refractivity (Wildman–Crippen MR) is 102 cm³/mol. The Morgan fingerprint density at radius 2 is 1.76 bits per heavy atom. The van der Waals surface area contributed by atoms with Gasteiger partial charge in [-0.2, -0.15) is 4.72 Å². The van der Waals surface area contributed by atoms with Crippen LogP contribution in [0.25, 0.3) is 0 Å². The van der Waals surface area contributed by atoms with Gasteiger partial charge in [0.2, 0.25) is 10.0 Å². The maximum Gasteiger partial charge on any atom is 0.321 e. The fourth-order valence-corrected chi connectivity index (χ4v) is 3.33. The number of benzene rings is 2. The standard InChI is InChI=1S/C19H21FN2O6S/c1-27-15-8-6-14(7-9-15)10-11-21-18(23)13-28-19(24)12-22-29(25,26)17-5-3-2-4-16(17)20/h2-9,22H,10-13H2,1H3,(H,21,23). The van der Waals surface area contributed by atoms with Crippen LogP contribution in [-0.4, -0.2) is 47.1 Å². The molecule has 1 amide bonds. The van der Waals surface area contributed by atoms with Crippen LogP contribution in [0, 0.1) is 5.82 Å². The van der Waals surface area contributed by atoms with E-state index in [-0.39, 0.29) is 0 Å². The second-order valence-electron chi connectivity index (χ2n) is 5.86. The van der Waals surface area contributed by atoms with Gasteiger partial charge in [-0.15, -0.1) is 0 Å². The van der Waals surface area contributed by atoms with Gasteiger partial charge in [-0.25, -0.2) is 12.8 Å². The summed E-state index contributed by atoms with van der Waals surface area (Å²) in [5.74, 6) is -1.70. The zero-order valence-corrected chi connectivity index (χ0v) is 16.5. The van der Waals surface area contributed by atoms with Gasteiger partial charge in [0, 0.05) is 6.54 Å². The van der Waals surface area contributed by atoms with Gasteiger partial charge >= 0.3 is 5.97 Å². The van der Waals surface area contributed by atoms with Crippen molar-refractivity contribution in [2.24, 2.45) is 0 Å². The van der Waals surface area contributed by atoms with Crippen LogP contribution in [0.5, 0.6) is 5.75 Å². The number of halogens is 1. The Hall–Kier alpha value is -2.98. The summed E-state index contributed by atoms with van der Waals surface area (Å²) in [5.41, 5.74) is 0.991. The Balaban J connectivity index is 1.69. The zero-order chi connectivity index (χ0) is 21.3. The third-order valence-corrected chi connectivity index (χ3v) is 5.23. The van der Waals surface area contributed by atoms with Crippen molar-refractivity contribution in [3.8, 4) is 5.75 Å². The van der Waals surface area contributed by atoms with Crippen molar-refractivity contribution in [1.29, 1.82) is 0 Å². The molecule has 0 spiro atoms. The Morgan fingerprint density at radius 3 is 2.41 bits per heavy atom. The van der Waals surface area contributed by atoms with Crippen LogP contribution in [0.1, 0.15) is 5.56 Å². The lowest BCUT2D eigenvalue weighted by Crippen LogP contribution is -2.34. The number of hydrogen-bond acceptors (Lipinski definition) is 6. The molecule has 0 aromatic heterocycles. The minimum Gasteiger partial charge on any atom is -0.497 e. The number of methoxy groups -OCH3 is 1. The molecule has 2 N–H and O–H groups in total. The predicted octanol–water partition coefficient (Wildman–Crippen LogP) is 1.01. The van der Waals surface area contributed by atoms with Gasteiger partial charge in [0.25, 0.3) is 5.91 Å². The molecule has 0 saturated heterocycles. The lowest BCUT2D eigenvalue weighted by molar-refractivity contribution is -0.147. The molecule has 0 aliphatic carbocycles. The van der Waals surface area contributed by atoms with Crippen molar-refractivity contribution in [2.45, 2.75) is 11.3 Å². The number of sulfonamides is 1. The van der Waals surface area contributed by atoms with Gasteiger partial charge in [0.1, 0.15) is 23.0 Å². The molecule has 0 bridgehead atoms. The average molecular weight is 424 g/mol. The van der Waals surface area contributed by atoms with Crippen molar-refractivity contribution in [3.05, 3.63) is 59.9 Å². The molecule has 0 heterocycles. The first kappa shape index (κ1) is 22.3. The number of carbonyl (C=O) groups excluding carboxylic acids is 2. The van der Waals surface area contributed by atoms with Crippen LogP contribution in [0.3, 0.4) is 0 Å². The lowest BCUT2D eigenvalue weighted by atomic mass is 10.1. The fraction of sp³-hybridized carbons (Fsp3) is 0.263. The van der Waals surface area contributed by atoms with E-state index in [1.165, 1.54) is 12.1 Å². The summed E-state index contributed by atoms with van der Waals surface area (Å²) in [6, 6.07) is 12.1. The molecule has 0 radical (unpaired) electrons. The molecule has 0 fully saturated rings. The normalized spacial score (nSPS) is 11.0. The van der Waals surface area contributed by atoms with Crippen molar-refractivity contribution >= 4 is 21.9 Å².